The first-order valence-corrected chi connectivity index (χ1v) is 12.7. The third kappa shape index (κ3) is 7.52. The van der Waals surface area contributed by atoms with Crippen molar-refractivity contribution in [3.05, 3.63) is 77.1 Å². The Balaban J connectivity index is 1.95. The van der Waals surface area contributed by atoms with E-state index in [0.717, 1.165) is 58.8 Å². The maximum Gasteiger partial charge on any atom is 0.150 e. The van der Waals surface area contributed by atoms with Gasteiger partial charge in [-0.05, 0) is 62.2 Å². The first-order chi connectivity index (χ1) is 18.3. The molecule has 2 aromatic heterocycles. The zero-order valence-electron chi connectivity index (χ0n) is 23.3. The highest BCUT2D eigenvalue weighted by Crippen LogP contribution is 2.31. The Kier molecular flexibility index (Phi) is 10.2. The van der Waals surface area contributed by atoms with Gasteiger partial charge in [-0.15, -0.1) is 0 Å². The monoisotopic (exact) mass is 517 g/mol. The number of nitrogens with one attached hydrogen (secondary N) is 1. The largest absolute Gasteiger partial charge is 0.497 e. The average Bonchev–Trinajstić information content (AvgIpc) is 3.30. The number of benzene rings is 1. The van der Waals surface area contributed by atoms with Gasteiger partial charge >= 0.3 is 0 Å². The van der Waals surface area contributed by atoms with Gasteiger partial charge in [-0.25, -0.2) is 0 Å². The molecule has 1 N–H and O–H groups in total. The van der Waals surface area contributed by atoms with Crippen LogP contribution in [0.25, 0.3) is 11.1 Å². The van der Waals surface area contributed by atoms with Gasteiger partial charge in [0.15, 0.2) is 0 Å². The second-order valence-electron chi connectivity index (χ2n) is 9.55. The van der Waals surface area contributed by atoms with Gasteiger partial charge in [0.2, 0.25) is 0 Å². The zero-order chi connectivity index (χ0) is 27.7. The maximum absolute atomic E-state index is 12.3. The number of hydrogen-bond donors (Lipinski definition) is 1. The van der Waals surface area contributed by atoms with Crippen LogP contribution in [-0.2, 0) is 26.1 Å². The van der Waals surface area contributed by atoms with Crippen LogP contribution in [0.15, 0.2) is 49.1 Å². The van der Waals surface area contributed by atoms with E-state index in [1.165, 1.54) is 6.34 Å². The summed E-state index contributed by atoms with van der Waals surface area (Å²) in [6, 6.07) is 7.85. The fourth-order valence-electron chi connectivity index (χ4n) is 4.32. The Morgan fingerprint density at radius 2 is 1.89 bits per heavy atom. The number of nitrogens with zero attached hydrogens (tertiary/aromatic N) is 6. The number of aldehydes is 1. The van der Waals surface area contributed by atoms with Gasteiger partial charge in [0.1, 0.15) is 12.0 Å². The minimum Gasteiger partial charge on any atom is -0.497 e. The highest BCUT2D eigenvalue weighted by Gasteiger charge is 2.18. The Morgan fingerprint density at radius 3 is 2.53 bits per heavy atom. The first-order valence-electron chi connectivity index (χ1n) is 12.7. The Bertz CT molecular complexity index is 1270. The first kappa shape index (κ1) is 28.6. The van der Waals surface area contributed by atoms with E-state index in [1.54, 1.807) is 18.2 Å². The van der Waals surface area contributed by atoms with Crippen LogP contribution in [0.1, 0.15) is 39.8 Å². The van der Waals surface area contributed by atoms with Crippen molar-refractivity contribution in [2.75, 3.05) is 34.8 Å². The summed E-state index contributed by atoms with van der Waals surface area (Å²) in [4.78, 5) is 22.7. The zero-order valence-corrected chi connectivity index (χ0v) is 23.3. The minimum atomic E-state index is 0.477. The van der Waals surface area contributed by atoms with Crippen LogP contribution in [0.2, 0.25) is 0 Å². The topological polar surface area (TPSA) is 90.6 Å². The van der Waals surface area contributed by atoms with Crippen molar-refractivity contribution < 1.29 is 9.53 Å². The number of hydrogen-bond acceptors (Lipinski definition) is 7. The molecule has 0 unspecified atom stereocenters. The number of ether oxygens (including phenoxy) is 1. The van der Waals surface area contributed by atoms with E-state index in [-0.39, 0.29) is 0 Å². The molecule has 0 radical (unpaired) electrons. The van der Waals surface area contributed by atoms with Crippen LogP contribution in [0.4, 0.5) is 0 Å². The normalized spacial score (nSPS) is 11.2. The maximum atomic E-state index is 12.3. The van der Waals surface area contributed by atoms with Crippen molar-refractivity contribution in [2.24, 2.45) is 0 Å². The van der Waals surface area contributed by atoms with Gasteiger partial charge in [0, 0.05) is 82.3 Å². The van der Waals surface area contributed by atoms with Crippen LogP contribution >= 0.6 is 0 Å². The lowest BCUT2D eigenvalue weighted by Gasteiger charge is -2.21. The molecule has 0 saturated carbocycles. The fourth-order valence-corrected chi connectivity index (χ4v) is 4.32. The van der Waals surface area contributed by atoms with Gasteiger partial charge in [0.25, 0.3) is 0 Å². The predicted octanol–water partition coefficient (Wildman–Crippen LogP) is 4.21. The number of methoxy groups -OCH3 is 1. The van der Waals surface area contributed by atoms with Crippen LogP contribution in [0.5, 0.6) is 5.75 Å². The van der Waals surface area contributed by atoms with E-state index in [2.05, 4.69) is 41.2 Å². The highest BCUT2D eigenvalue weighted by molar-refractivity contribution is 5.84. The van der Waals surface area contributed by atoms with Crippen molar-refractivity contribution >= 4 is 12.6 Å². The number of carbonyl (C=O) groups is 1. The van der Waals surface area contributed by atoms with E-state index in [1.807, 2.05) is 61.2 Å². The number of aromatic nitrogens is 3. The second-order valence-corrected chi connectivity index (χ2v) is 9.55. The molecule has 3 rings (SSSR count). The molecule has 0 atom stereocenters. The molecular formula is C29H39N7O2. The summed E-state index contributed by atoms with van der Waals surface area (Å²) in [6.45, 7) is 6.72. The molecule has 0 bridgehead atoms. The lowest BCUT2D eigenvalue weighted by molar-refractivity contribution is 0.112. The summed E-state index contributed by atoms with van der Waals surface area (Å²) in [5.41, 5.74) is 6.50. The number of likely N-dealkylation sites (N-methyl/N-ethyl adjacent to an activating group) is 1. The Morgan fingerprint density at radius 1 is 1.11 bits per heavy atom. The van der Waals surface area contributed by atoms with Crippen LogP contribution in [0.3, 0.4) is 0 Å². The van der Waals surface area contributed by atoms with Crippen molar-refractivity contribution in [2.45, 2.75) is 39.9 Å². The van der Waals surface area contributed by atoms with Crippen molar-refractivity contribution in [3.63, 3.8) is 0 Å². The predicted molar refractivity (Wildman–Crippen MR) is 151 cm³/mol. The molecule has 0 aliphatic heterocycles. The molecule has 9 heteroatoms. The molecular weight excluding hydrogens is 478 g/mol. The van der Waals surface area contributed by atoms with Crippen molar-refractivity contribution in [1.29, 1.82) is 5.41 Å². The molecule has 2 heterocycles. The van der Waals surface area contributed by atoms with Crippen LogP contribution in [0, 0.1) is 12.3 Å². The summed E-state index contributed by atoms with van der Waals surface area (Å²) in [7, 11) is 7.57. The summed E-state index contributed by atoms with van der Waals surface area (Å²) in [5.74, 6) is 0.785. The van der Waals surface area contributed by atoms with Crippen LogP contribution < -0.4 is 4.74 Å². The average molecular weight is 518 g/mol. The number of carbonyl (C=O) groups excluding carboxylic acids is 1. The molecule has 0 fully saturated rings. The minimum absolute atomic E-state index is 0.477. The molecule has 202 valence electrons. The van der Waals surface area contributed by atoms with E-state index in [4.69, 9.17) is 10.1 Å². The summed E-state index contributed by atoms with van der Waals surface area (Å²) >= 11 is 0. The van der Waals surface area contributed by atoms with Gasteiger partial charge in [-0.1, -0.05) is 0 Å². The fraction of sp³-hybridized carbons (Fsp3) is 0.379. The third-order valence-corrected chi connectivity index (χ3v) is 6.32. The highest BCUT2D eigenvalue weighted by atomic mass is 16.5. The van der Waals surface area contributed by atoms with Gasteiger partial charge in [-0.2, -0.15) is 5.10 Å². The van der Waals surface area contributed by atoms with E-state index in [0.29, 0.717) is 25.1 Å². The molecule has 38 heavy (non-hydrogen) atoms. The molecule has 0 aliphatic carbocycles. The van der Waals surface area contributed by atoms with E-state index >= 15 is 0 Å². The number of rotatable bonds is 14. The van der Waals surface area contributed by atoms with Gasteiger partial charge < -0.3 is 19.4 Å². The third-order valence-electron chi connectivity index (χ3n) is 6.32. The summed E-state index contributed by atoms with van der Waals surface area (Å²) in [5, 5.41) is 12.5. The SMILES string of the molecule is CCn1cc(-c2cc(CN(C=N)/C=C\N(C)C)cc(C=O)c2CCN(C)Cc2cc(OC)ccn2)c(C)n1. The van der Waals surface area contributed by atoms with E-state index < -0.39 is 0 Å². The molecule has 0 spiro atoms. The van der Waals surface area contributed by atoms with Gasteiger partial charge in [-0.3, -0.25) is 19.9 Å². The summed E-state index contributed by atoms with van der Waals surface area (Å²) < 4.78 is 7.25. The Hall–Kier alpha value is -3.98. The van der Waals surface area contributed by atoms with Crippen LogP contribution in [-0.4, -0.2) is 76.9 Å². The van der Waals surface area contributed by atoms with Crippen molar-refractivity contribution in [1.82, 2.24) is 29.5 Å². The summed E-state index contributed by atoms with van der Waals surface area (Å²) in [6.07, 6.45) is 10.5. The molecule has 1 aromatic carbocycles. The smallest absolute Gasteiger partial charge is 0.150 e. The van der Waals surface area contributed by atoms with E-state index in [9.17, 15) is 4.79 Å². The molecule has 0 amide bonds. The lowest BCUT2D eigenvalue weighted by Crippen LogP contribution is -2.22. The quantitative estimate of drug-likeness (QED) is 0.195. The molecule has 9 nitrogen and oxygen atoms in total. The standard InChI is InChI=1S/C29H39N7O2/c1-7-36-19-29(22(2)32-36)28-15-23(17-35(21-30)13-12-33(3)4)14-24(20-37)27(28)9-11-34(5)18-25-16-26(38-6)8-10-31-25/h8,10,12-16,19-21,30H,7,9,11,17-18H2,1-6H3/b13-12-,30-21?. The second kappa shape index (κ2) is 13.5. The number of pyridine rings is 1. The molecule has 3 aromatic rings. The van der Waals surface area contributed by atoms with Gasteiger partial charge in [0.05, 0.1) is 24.8 Å². The Labute approximate surface area is 225 Å². The lowest BCUT2D eigenvalue weighted by atomic mass is 9.91. The number of aryl methyl sites for hydroxylation is 2. The molecule has 0 saturated heterocycles. The van der Waals surface area contributed by atoms with Crippen molar-refractivity contribution in [3.8, 4) is 16.9 Å². The molecule has 0 aliphatic rings.